The molecule has 0 rings (SSSR count). The van der Waals surface area contributed by atoms with Crippen molar-refractivity contribution in [2.45, 2.75) is 213 Å². The van der Waals surface area contributed by atoms with Gasteiger partial charge in [0.15, 0.2) is 0 Å². The number of carbonyl (C=O) groups excluding carboxylic acids is 7. The highest BCUT2D eigenvalue weighted by molar-refractivity contribution is 5.81. The largest absolute Gasteiger partial charge is 0.481 e. The van der Waals surface area contributed by atoms with Crippen molar-refractivity contribution in [2.24, 2.45) is 46.6 Å². The smallest absolute Gasteiger partial charge is 0.303 e. The standard InChI is InChI=1S/C69H148N24O10/c1-47(2)23-57(32-76-37-62(73)95)85-44-82-34-59(25-49(5)6)92-67(100)39-75-27-51(9)88-63(96)38-78-29-54(15-12-20-70)91-66(99)42-81-33-58(24-48(3)4)86-45-84-36-61(52(10)94)87-46-83-35-60(26-50(7)8)93-68(101)43-80-31-56(17-14-22-72)90-65(98)41-79-30-55(16-13-21-71)89-64(97)40-77-28-53(74-11)18-19-69(102)103/h47-61,74-87,94H,12-46,70-72H2,1-11H3,(H2,73,95)(H,88,96)(H,89,97)(H,90,98)(H,91,99)(H,92,100)(H,93,101)(H,102,103)/t51-,52?,53-,54-,55-,56-,57-,58-,59-,60-,61?/m0/s1. The van der Waals surface area contributed by atoms with E-state index in [2.05, 4.69) is 162 Å². The number of aliphatic carboxylic acids is 1. The van der Waals surface area contributed by atoms with E-state index in [0.717, 1.165) is 25.7 Å². The fraction of sp³-hybridized carbons (Fsp3) is 0.884. The van der Waals surface area contributed by atoms with Gasteiger partial charge in [-0.3, -0.25) is 43.7 Å². The van der Waals surface area contributed by atoms with E-state index < -0.39 is 18.0 Å². The highest BCUT2D eigenvalue weighted by Crippen LogP contribution is 2.08. The lowest BCUT2D eigenvalue weighted by Crippen LogP contribution is -2.53. The van der Waals surface area contributed by atoms with Crippen LogP contribution in [-0.2, 0) is 38.4 Å². The summed E-state index contributed by atoms with van der Waals surface area (Å²) in [5, 5.41) is 84.0. The Morgan fingerprint density at radius 1 is 0.340 bits per heavy atom. The summed E-state index contributed by atoms with van der Waals surface area (Å²) in [5.41, 5.74) is 22.7. The molecule has 11 atom stereocenters. The predicted molar refractivity (Wildman–Crippen MR) is 410 cm³/mol. The number of rotatable bonds is 71. The van der Waals surface area contributed by atoms with Crippen molar-refractivity contribution >= 4 is 47.3 Å². The summed E-state index contributed by atoms with van der Waals surface area (Å²) in [4.78, 5) is 100. The Kier molecular flexibility index (Phi) is 60.1. The first-order valence-corrected chi connectivity index (χ1v) is 38.1. The number of hydrogen-bond donors (Lipinski definition) is 26. The van der Waals surface area contributed by atoms with Gasteiger partial charge < -0.3 is 134 Å². The van der Waals surface area contributed by atoms with Crippen molar-refractivity contribution in [1.29, 1.82) is 0 Å². The monoisotopic (exact) mass is 1470 g/mol. The van der Waals surface area contributed by atoms with Gasteiger partial charge in [0, 0.05) is 152 Å². The van der Waals surface area contributed by atoms with E-state index in [4.69, 9.17) is 28.0 Å². The summed E-state index contributed by atoms with van der Waals surface area (Å²) < 4.78 is 0. The van der Waals surface area contributed by atoms with Gasteiger partial charge in [0.2, 0.25) is 41.4 Å². The van der Waals surface area contributed by atoms with Gasteiger partial charge in [-0.05, 0) is 135 Å². The van der Waals surface area contributed by atoms with Crippen LogP contribution in [0.2, 0.25) is 0 Å². The molecule has 103 heavy (non-hydrogen) atoms. The van der Waals surface area contributed by atoms with Crippen LogP contribution in [0, 0.1) is 23.7 Å². The van der Waals surface area contributed by atoms with Crippen LogP contribution in [0.4, 0.5) is 0 Å². The van der Waals surface area contributed by atoms with Gasteiger partial charge in [-0.1, -0.05) is 55.4 Å². The number of carboxylic acids is 1. The molecule has 0 heterocycles. The Balaban J connectivity index is 4.99. The Bertz CT molecular complexity index is 2220. The van der Waals surface area contributed by atoms with Crippen molar-refractivity contribution in [3.05, 3.63) is 0 Å². The maximum Gasteiger partial charge on any atom is 0.303 e. The lowest BCUT2D eigenvalue weighted by Gasteiger charge is -2.26. The Morgan fingerprint density at radius 2 is 0.631 bits per heavy atom. The first-order valence-electron chi connectivity index (χ1n) is 38.1. The maximum atomic E-state index is 13.3. The molecule has 0 aromatic carbocycles. The predicted octanol–water partition coefficient (Wildman–Crippen LogP) is -5.72. The molecule has 0 aliphatic carbocycles. The third kappa shape index (κ3) is 59.8. The highest BCUT2D eigenvalue weighted by Gasteiger charge is 2.23. The molecule has 0 radical (unpaired) electrons. The van der Waals surface area contributed by atoms with Crippen LogP contribution in [0.15, 0.2) is 0 Å². The van der Waals surface area contributed by atoms with Gasteiger partial charge in [-0.15, -0.1) is 0 Å². The molecule has 0 bridgehead atoms. The molecule has 34 heteroatoms. The maximum absolute atomic E-state index is 13.3. The molecule has 0 spiro atoms. The van der Waals surface area contributed by atoms with Crippen LogP contribution >= 0.6 is 0 Å². The minimum Gasteiger partial charge on any atom is -0.481 e. The molecule has 0 saturated heterocycles. The number of primary amides is 1. The average molecular weight is 1470 g/mol. The van der Waals surface area contributed by atoms with Gasteiger partial charge in [0.1, 0.15) is 0 Å². The molecule has 0 aliphatic rings. The fourth-order valence-electron chi connectivity index (χ4n) is 11.7. The highest BCUT2D eigenvalue weighted by atomic mass is 16.4. The van der Waals surface area contributed by atoms with Crippen LogP contribution in [0.1, 0.15) is 146 Å². The van der Waals surface area contributed by atoms with Gasteiger partial charge in [0.25, 0.3) is 0 Å². The van der Waals surface area contributed by atoms with E-state index in [9.17, 15) is 43.5 Å². The molecule has 7 amide bonds. The first kappa shape index (κ1) is 98.0. The number of nitrogens with one attached hydrogen (secondary N) is 20. The van der Waals surface area contributed by atoms with E-state index >= 15 is 0 Å². The minimum absolute atomic E-state index is 0.00975. The Hall–Kier alpha value is -4.96. The molecular formula is C69H148N24O10. The van der Waals surface area contributed by atoms with Crippen LogP contribution in [0.3, 0.4) is 0 Å². The quantitative estimate of drug-likeness (QED) is 0.0199. The summed E-state index contributed by atoms with van der Waals surface area (Å²) in [5.74, 6) is -0.917. The number of carbonyl (C=O) groups is 8. The molecule has 0 aliphatic heterocycles. The second-order valence-corrected chi connectivity index (χ2v) is 29.1. The lowest BCUT2D eigenvalue weighted by molar-refractivity contribution is -0.137. The van der Waals surface area contributed by atoms with Crippen molar-refractivity contribution < 1.29 is 48.6 Å². The molecule has 604 valence electrons. The number of carboxylic acid groups (broad SMARTS) is 1. The van der Waals surface area contributed by atoms with E-state index in [1.54, 1.807) is 14.0 Å². The van der Waals surface area contributed by atoms with Crippen LogP contribution in [0.25, 0.3) is 0 Å². The van der Waals surface area contributed by atoms with Crippen LogP contribution in [-0.4, -0.2) is 282 Å². The summed E-state index contributed by atoms with van der Waals surface area (Å²) in [6, 6.07) is -1.49. The zero-order valence-corrected chi connectivity index (χ0v) is 64.9. The summed E-state index contributed by atoms with van der Waals surface area (Å²) >= 11 is 0. The number of likely N-dealkylation sites (N-methyl/N-ethyl adjacent to an activating group) is 1. The minimum atomic E-state index is -0.877. The van der Waals surface area contributed by atoms with Gasteiger partial charge in [-0.25, -0.2) is 0 Å². The van der Waals surface area contributed by atoms with E-state index in [0.29, 0.717) is 174 Å². The van der Waals surface area contributed by atoms with Gasteiger partial charge >= 0.3 is 5.97 Å². The molecule has 0 aromatic rings. The normalized spacial score (nSPS) is 15.0. The fourth-order valence-corrected chi connectivity index (χ4v) is 11.7. The van der Waals surface area contributed by atoms with Crippen molar-refractivity contribution in [2.75, 3.05) is 158 Å². The van der Waals surface area contributed by atoms with Gasteiger partial charge in [0.05, 0.1) is 51.9 Å². The third-order valence-electron chi connectivity index (χ3n) is 16.7. The molecule has 30 N–H and O–H groups in total. The van der Waals surface area contributed by atoms with Crippen molar-refractivity contribution in [1.82, 2.24) is 106 Å². The van der Waals surface area contributed by atoms with E-state index in [-0.39, 0.29) is 148 Å². The molecule has 2 unspecified atom stereocenters. The van der Waals surface area contributed by atoms with E-state index in [1.165, 1.54) is 0 Å². The summed E-state index contributed by atoms with van der Waals surface area (Å²) in [6.07, 6.45) is 6.98. The van der Waals surface area contributed by atoms with Crippen LogP contribution in [0.5, 0.6) is 0 Å². The SMILES string of the molecule is CN[C@@H](CCC(=O)O)CNCC(=O)N[C@@H](CCCN)CNCC(=O)N[C@@H](CCCN)CNCC(=O)N[C@H](CNCNC(CNCN[C@H](CNCC(=O)N[C@@H](CCCN)CNCC(=O)N[C@@H](C)CNCC(=O)N[C@H](CNCN[C@H](CNCC(N)=O)CC(C)C)CC(C)C)CC(C)C)C(C)O)CC(C)C. The van der Waals surface area contributed by atoms with Crippen molar-refractivity contribution in [3.63, 3.8) is 0 Å². The Morgan fingerprint density at radius 3 is 0.961 bits per heavy atom. The molecule has 0 saturated carbocycles. The lowest BCUT2D eigenvalue weighted by atomic mass is 10.0. The summed E-state index contributed by atoms with van der Waals surface area (Å²) in [7, 11) is 1.75. The Labute approximate surface area is 617 Å². The summed E-state index contributed by atoms with van der Waals surface area (Å²) in [6.45, 7) is 28.3. The number of nitrogens with two attached hydrogens (primary N) is 4. The molecule has 34 nitrogen and oxygen atoms in total. The zero-order valence-electron chi connectivity index (χ0n) is 64.9. The molecule has 0 aromatic heterocycles. The number of aliphatic hydroxyl groups is 1. The van der Waals surface area contributed by atoms with Crippen LogP contribution < -0.4 is 129 Å². The van der Waals surface area contributed by atoms with Gasteiger partial charge in [-0.2, -0.15) is 0 Å². The number of aliphatic hydroxyl groups excluding tert-OH is 1. The van der Waals surface area contributed by atoms with E-state index in [1.807, 2.05) is 6.92 Å². The first-order chi connectivity index (χ1) is 49.1. The molecular weight excluding hydrogens is 1320 g/mol. The van der Waals surface area contributed by atoms with Crippen molar-refractivity contribution in [3.8, 4) is 0 Å². The number of amides is 7. The number of hydrogen-bond acceptors (Lipinski definition) is 26. The topological polar surface area (TPSA) is 522 Å². The zero-order chi connectivity index (χ0) is 77.2. The molecule has 0 fully saturated rings. The third-order valence-corrected chi connectivity index (χ3v) is 16.7. The second kappa shape index (κ2) is 63.2. The second-order valence-electron chi connectivity index (χ2n) is 29.1. The average Bonchev–Trinajstić information content (AvgIpc) is 1.07.